The first-order chi connectivity index (χ1) is 9.10. The maximum absolute atomic E-state index is 13.2. The van der Waals surface area contributed by atoms with Crippen molar-refractivity contribution in [1.82, 2.24) is 0 Å². The fraction of sp³-hybridized carbons (Fsp3) is 0.143. The van der Waals surface area contributed by atoms with Crippen molar-refractivity contribution in [3.8, 4) is 0 Å². The van der Waals surface area contributed by atoms with Crippen LogP contribution in [-0.4, -0.2) is 6.54 Å². The van der Waals surface area contributed by atoms with Gasteiger partial charge in [0.25, 0.3) is 0 Å². The largest absolute Gasteiger partial charge is 0.377 e. The number of hydrogen-bond donors (Lipinski definition) is 2. The molecule has 0 heterocycles. The Morgan fingerprint density at radius 1 is 0.947 bits per heavy atom. The van der Waals surface area contributed by atoms with Crippen molar-refractivity contribution in [1.29, 1.82) is 0 Å². The zero-order valence-corrected chi connectivity index (χ0v) is 10.0. The van der Waals surface area contributed by atoms with Crippen LogP contribution in [0, 0.1) is 17.5 Å². The first-order valence-electron chi connectivity index (χ1n) is 5.77. The van der Waals surface area contributed by atoms with E-state index in [2.05, 4.69) is 5.32 Å². The van der Waals surface area contributed by atoms with Crippen molar-refractivity contribution in [2.75, 3.05) is 11.9 Å². The molecule has 0 spiro atoms. The minimum atomic E-state index is -0.920. The number of hydrogen-bond acceptors (Lipinski definition) is 2. The topological polar surface area (TPSA) is 38.0 Å². The van der Waals surface area contributed by atoms with Crippen molar-refractivity contribution < 1.29 is 13.2 Å². The predicted octanol–water partition coefficient (Wildman–Crippen LogP) is 3.22. The zero-order chi connectivity index (χ0) is 13.8. The maximum atomic E-state index is 13.2. The summed E-state index contributed by atoms with van der Waals surface area (Å²) in [6.45, 7) is 0.197. The molecule has 0 aliphatic carbocycles. The molecule has 2 nitrogen and oxygen atoms in total. The monoisotopic (exact) mass is 266 g/mol. The minimum Gasteiger partial charge on any atom is -0.377 e. The molecule has 0 amide bonds. The Labute approximate surface area is 109 Å². The molecule has 0 radical (unpaired) electrons. The molecule has 1 atom stereocenters. The summed E-state index contributed by atoms with van der Waals surface area (Å²) in [5.74, 6) is -2.17. The number of nitrogens with one attached hydrogen (secondary N) is 1. The molecule has 0 saturated carbocycles. The molecule has 100 valence electrons. The van der Waals surface area contributed by atoms with Gasteiger partial charge in [0.15, 0.2) is 11.6 Å². The first kappa shape index (κ1) is 13.4. The Balaban J connectivity index is 2.19. The normalized spacial score (nSPS) is 12.2. The smallest absolute Gasteiger partial charge is 0.159 e. The van der Waals surface area contributed by atoms with Gasteiger partial charge >= 0.3 is 0 Å². The van der Waals surface area contributed by atoms with Gasteiger partial charge in [-0.25, -0.2) is 13.2 Å². The molecule has 0 aliphatic rings. The molecule has 2 aromatic carbocycles. The maximum Gasteiger partial charge on any atom is 0.159 e. The molecule has 2 rings (SSSR count). The molecule has 0 saturated heterocycles. The Morgan fingerprint density at radius 3 is 2.21 bits per heavy atom. The van der Waals surface area contributed by atoms with Crippen molar-refractivity contribution in [3.63, 3.8) is 0 Å². The van der Waals surface area contributed by atoms with Gasteiger partial charge in [0.1, 0.15) is 5.82 Å². The minimum absolute atomic E-state index is 0.197. The van der Waals surface area contributed by atoms with Crippen LogP contribution in [0.5, 0.6) is 0 Å². The third-order valence-electron chi connectivity index (χ3n) is 2.77. The van der Waals surface area contributed by atoms with Crippen LogP contribution in [-0.2, 0) is 0 Å². The highest BCUT2D eigenvalue weighted by molar-refractivity contribution is 5.45. The van der Waals surface area contributed by atoms with Crippen LogP contribution in [0.15, 0.2) is 42.5 Å². The first-order valence-corrected chi connectivity index (χ1v) is 5.77. The summed E-state index contributed by atoms with van der Waals surface area (Å²) in [4.78, 5) is 0. The van der Waals surface area contributed by atoms with Crippen LogP contribution in [0.2, 0.25) is 0 Å². The van der Waals surface area contributed by atoms with Crippen molar-refractivity contribution in [2.24, 2.45) is 5.73 Å². The van der Waals surface area contributed by atoms with E-state index in [4.69, 9.17) is 5.73 Å². The fourth-order valence-corrected chi connectivity index (χ4v) is 1.75. The second kappa shape index (κ2) is 5.75. The van der Waals surface area contributed by atoms with Crippen LogP contribution < -0.4 is 11.1 Å². The van der Waals surface area contributed by atoms with E-state index in [0.29, 0.717) is 11.3 Å². The number of rotatable bonds is 4. The highest BCUT2D eigenvalue weighted by Gasteiger charge is 2.12. The summed E-state index contributed by atoms with van der Waals surface area (Å²) in [7, 11) is 0. The lowest BCUT2D eigenvalue weighted by atomic mass is 10.1. The van der Waals surface area contributed by atoms with Crippen LogP contribution in [0.3, 0.4) is 0 Å². The van der Waals surface area contributed by atoms with Gasteiger partial charge in [0.05, 0.1) is 6.04 Å². The fourth-order valence-electron chi connectivity index (χ4n) is 1.75. The van der Waals surface area contributed by atoms with E-state index in [9.17, 15) is 13.2 Å². The molecule has 3 N–H and O–H groups in total. The lowest BCUT2D eigenvalue weighted by molar-refractivity contribution is 0.506. The average Bonchev–Trinajstić information content (AvgIpc) is 2.41. The highest BCUT2D eigenvalue weighted by Crippen LogP contribution is 2.20. The molecular weight excluding hydrogens is 253 g/mol. The predicted molar refractivity (Wildman–Crippen MR) is 68.2 cm³/mol. The Kier molecular flexibility index (Phi) is 4.06. The summed E-state index contributed by atoms with van der Waals surface area (Å²) >= 11 is 0. The van der Waals surface area contributed by atoms with Gasteiger partial charge in [0.2, 0.25) is 0 Å². The lowest BCUT2D eigenvalue weighted by Gasteiger charge is -2.18. The molecule has 0 fully saturated rings. The third kappa shape index (κ3) is 3.26. The Hall–Kier alpha value is -2.01. The van der Waals surface area contributed by atoms with Crippen LogP contribution >= 0.6 is 0 Å². The lowest BCUT2D eigenvalue weighted by Crippen LogP contribution is -2.20. The quantitative estimate of drug-likeness (QED) is 0.891. The Morgan fingerprint density at radius 2 is 1.63 bits per heavy atom. The number of benzene rings is 2. The standard InChI is InChI=1S/C14H13F3N2/c15-10-2-4-11(5-3-10)19-14(8-18)9-1-6-12(16)13(17)7-9/h1-7,14,19H,8,18H2. The summed E-state index contributed by atoms with van der Waals surface area (Å²) in [6, 6.07) is 8.97. The van der Waals surface area contributed by atoms with Gasteiger partial charge in [-0.05, 0) is 42.0 Å². The van der Waals surface area contributed by atoms with E-state index in [-0.39, 0.29) is 18.4 Å². The van der Waals surface area contributed by atoms with E-state index in [1.807, 2.05) is 0 Å². The van der Waals surface area contributed by atoms with Gasteiger partial charge in [-0.15, -0.1) is 0 Å². The molecule has 0 aromatic heterocycles. The Bertz CT molecular complexity index is 555. The zero-order valence-electron chi connectivity index (χ0n) is 10.0. The van der Waals surface area contributed by atoms with Crippen molar-refractivity contribution in [3.05, 3.63) is 65.5 Å². The summed E-state index contributed by atoms with van der Waals surface area (Å²) in [6.07, 6.45) is 0. The van der Waals surface area contributed by atoms with Gasteiger partial charge in [0, 0.05) is 12.2 Å². The highest BCUT2D eigenvalue weighted by atomic mass is 19.2. The van der Waals surface area contributed by atoms with Gasteiger partial charge in [-0.3, -0.25) is 0 Å². The van der Waals surface area contributed by atoms with Gasteiger partial charge < -0.3 is 11.1 Å². The van der Waals surface area contributed by atoms with Crippen LogP contribution in [0.1, 0.15) is 11.6 Å². The average molecular weight is 266 g/mol. The van der Waals surface area contributed by atoms with E-state index in [1.54, 1.807) is 12.1 Å². The SMILES string of the molecule is NCC(Nc1ccc(F)cc1)c1ccc(F)c(F)c1. The molecule has 19 heavy (non-hydrogen) atoms. The number of nitrogens with two attached hydrogens (primary N) is 1. The number of anilines is 1. The van der Waals surface area contributed by atoms with Crippen LogP contribution in [0.4, 0.5) is 18.9 Å². The second-order valence-corrected chi connectivity index (χ2v) is 4.11. The summed E-state index contributed by atoms with van der Waals surface area (Å²) in [5.41, 5.74) is 6.81. The van der Waals surface area contributed by atoms with Crippen molar-refractivity contribution in [2.45, 2.75) is 6.04 Å². The molecular formula is C14H13F3N2. The van der Waals surface area contributed by atoms with E-state index in [0.717, 1.165) is 12.1 Å². The molecule has 0 bridgehead atoms. The molecule has 1 unspecified atom stereocenters. The van der Waals surface area contributed by atoms with Gasteiger partial charge in [-0.1, -0.05) is 6.07 Å². The van der Waals surface area contributed by atoms with E-state index in [1.165, 1.54) is 18.2 Å². The number of halogens is 3. The summed E-state index contributed by atoms with van der Waals surface area (Å²) < 4.78 is 38.8. The molecule has 2 aromatic rings. The molecule has 0 aliphatic heterocycles. The van der Waals surface area contributed by atoms with Crippen LogP contribution in [0.25, 0.3) is 0 Å². The third-order valence-corrected chi connectivity index (χ3v) is 2.77. The van der Waals surface area contributed by atoms with Crippen molar-refractivity contribution >= 4 is 5.69 Å². The van der Waals surface area contributed by atoms with E-state index >= 15 is 0 Å². The molecule has 5 heteroatoms. The van der Waals surface area contributed by atoms with Gasteiger partial charge in [-0.2, -0.15) is 0 Å². The van der Waals surface area contributed by atoms with E-state index < -0.39 is 11.6 Å². The second-order valence-electron chi connectivity index (χ2n) is 4.11. The summed E-state index contributed by atoms with van der Waals surface area (Å²) in [5, 5.41) is 3.04.